The number of rotatable bonds is 29. The van der Waals surface area contributed by atoms with E-state index in [-0.39, 0.29) is 62.2 Å². The monoisotopic (exact) mass is 1320 g/mol. The molecule has 0 spiro atoms. The van der Waals surface area contributed by atoms with Crippen molar-refractivity contribution < 1.29 is 57.2 Å². The number of aliphatic hydroxyl groups excluding tert-OH is 1. The Morgan fingerprint density at radius 3 is 2.41 bits per heavy atom. The molecule has 24 heteroatoms. The lowest BCUT2D eigenvalue weighted by molar-refractivity contribution is -0.145. The number of ether oxygens (including phenoxy) is 2. The third-order valence-electron chi connectivity index (χ3n) is 17.1. The number of aromatic carboxylic acids is 1. The molecule has 92 heavy (non-hydrogen) atoms. The molecule has 1 aliphatic carbocycles. The van der Waals surface area contributed by atoms with E-state index in [2.05, 4.69) is 30.9 Å². The van der Waals surface area contributed by atoms with Crippen LogP contribution in [0.4, 0.5) is 19.0 Å². The normalized spacial score (nSPS) is 16.2. The number of benzene rings is 4. The average Bonchev–Trinajstić information content (AvgIpc) is 1.51. The molecule has 0 unspecified atom stereocenters. The molecule has 5 heterocycles. The molecule has 1 saturated heterocycles. The summed E-state index contributed by atoms with van der Waals surface area (Å²) in [6.07, 6.45) is 6.13. The number of hydrogen-bond donors (Lipinski definition) is 5. The van der Waals surface area contributed by atoms with Gasteiger partial charge in [-0.2, -0.15) is 0 Å². The zero-order valence-corrected chi connectivity index (χ0v) is 54.9. The molecule has 488 valence electrons. The number of halogens is 2. The summed E-state index contributed by atoms with van der Waals surface area (Å²) in [7, 11) is 1.77. The van der Waals surface area contributed by atoms with Crippen molar-refractivity contribution in [3.63, 3.8) is 0 Å². The van der Waals surface area contributed by atoms with Crippen LogP contribution in [-0.2, 0) is 51.5 Å². The fourth-order valence-corrected chi connectivity index (χ4v) is 14.4. The lowest BCUT2D eigenvalue weighted by Gasteiger charge is -2.35. The molecule has 1 saturated carbocycles. The zero-order chi connectivity index (χ0) is 65.3. The van der Waals surface area contributed by atoms with Crippen LogP contribution >= 0.6 is 34.0 Å². The van der Waals surface area contributed by atoms with Gasteiger partial charge in [-0.15, -0.1) is 22.7 Å². The van der Waals surface area contributed by atoms with Gasteiger partial charge >= 0.3 is 5.97 Å². The van der Waals surface area contributed by atoms with Gasteiger partial charge in [0, 0.05) is 68.6 Å². The van der Waals surface area contributed by atoms with Crippen molar-refractivity contribution in [1.82, 2.24) is 35.4 Å². The van der Waals surface area contributed by atoms with Crippen LogP contribution in [0.1, 0.15) is 145 Å². The number of aryl methyl sites for hydroxylation is 3. The number of anilines is 2. The number of hydrogen-bond acceptors (Lipinski definition) is 16. The van der Waals surface area contributed by atoms with Gasteiger partial charge in [-0.3, -0.25) is 29.3 Å². The number of nitrogens with one attached hydrogen (secondary N) is 3. The Bertz CT molecular complexity index is 3790. The molecule has 2 fully saturated rings. The maximum Gasteiger partial charge on any atom is 0.355 e. The van der Waals surface area contributed by atoms with Crippen molar-refractivity contribution in [2.24, 2.45) is 5.41 Å². The van der Waals surface area contributed by atoms with Crippen molar-refractivity contribution in [2.45, 2.75) is 155 Å². The maximum atomic E-state index is 15.3. The van der Waals surface area contributed by atoms with Gasteiger partial charge in [0.25, 0.3) is 11.8 Å². The van der Waals surface area contributed by atoms with E-state index in [1.165, 1.54) is 45.0 Å². The number of β-amino-alcohol motifs (C(OH)–C–C–N with tert-alkyl or cyclic N) is 1. The number of aliphatic hydroxyl groups is 1. The van der Waals surface area contributed by atoms with Gasteiger partial charge in [0.15, 0.2) is 33.2 Å². The first kappa shape index (κ1) is 67.0. The standard InChI is InChI=1S/C68H79F2N9O10S3/c1-41-58(90-40-72-41)44-26-27-45(37-71-61(83)51-36-46(80)38-79(51)62(84)59(67(2,3)4)75-64(87)68(70)29-30-68)52(35-44)88-33-12-8-6-7-9-25-55(81)77(5)31-15-19-43-18-14-21-49(69)57(43)89-34-16-24-54-56(63(85)86)74-66(92-54)78-32-28-42-17-13-20-47(48(42)39-78)60(82)76-65-73-50-22-10-11-23-53(50)91-65/h10-11,13-14,17-18,20-23,26-27,35,40,46,51,59,80H,6-9,12,15-16,19,24-25,28-34,36-39H2,1-5H3,(H,71,83)(H,75,87)(H,85,86)(H,73,76,82)/t46-,51+,59-/m1/s1. The van der Waals surface area contributed by atoms with E-state index in [0.717, 1.165) is 63.2 Å². The molecule has 0 bridgehead atoms. The summed E-state index contributed by atoms with van der Waals surface area (Å²) in [5.74, 6) is -3.04. The highest BCUT2D eigenvalue weighted by Gasteiger charge is 2.53. The lowest BCUT2D eigenvalue weighted by atomic mass is 9.85. The van der Waals surface area contributed by atoms with E-state index in [9.17, 15) is 43.4 Å². The van der Waals surface area contributed by atoms with Gasteiger partial charge < -0.3 is 45.0 Å². The van der Waals surface area contributed by atoms with Gasteiger partial charge in [-0.25, -0.2) is 28.5 Å². The molecule has 0 radical (unpaired) electrons. The number of nitrogens with zero attached hydrogens (tertiary/aromatic N) is 6. The Kier molecular flexibility index (Phi) is 21.7. The highest BCUT2D eigenvalue weighted by molar-refractivity contribution is 7.22. The predicted octanol–water partition coefficient (Wildman–Crippen LogP) is 11.3. The summed E-state index contributed by atoms with van der Waals surface area (Å²) >= 11 is 4.22. The van der Waals surface area contributed by atoms with Crippen molar-refractivity contribution in [1.29, 1.82) is 0 Å². The van der Waals surface area contributed by atoms with Crippen molar-refractivity contribution in [3.8, 4) is 21.9 Å². The number of fused-ring (bicyclic) bond motifs is 2. The molecule has 19 nitrogen and oxygen atoms in total. The number of likely N-dealkylation sites (tertiary alicyclic amines) is 1. The number of amides is 5. The minimum Gasteiger partial charge on any atom is -0.493 e. The van der Waals surface area contributed by atoms with E-state index in [4.69, 9.17) is 9.47 Å². The van der Waals surface area contributed by atoms with E-state index in [1.54, 1.807) is 50.4 Å². The minimum atomic E-state index is -1.99. The van der Waals surface area contributed by atoms with Gasteiger partial charge in [-0.1, -0.05) is 99.9 Å². The topological polar surface area (TPSA) is 246 Å². The number of unbranched alkanes of at least 4 members (excludes halogenated alkanes) is 4. The molecule has 2 aliphatic heterocycles. The van der Waals surface area contributed by atoms with E-state index in [0.29, 0.717) is 109 Å². The molecule has 5 amide bonds. The van der Waals surface area contributed by atoms with Gasteiger partial charge in [0.2, 0.25) is 17.7 Å². The summed E-state index contributed by atoms with van der Waals surface area (Å²) in [6.45, 7) is 9.14. The van der Waals surface area contributed by atoms with Crippen LogP contribution < -0.4 is 30.3 Å². The second kappa shape index (κ2) is 29.8. The number of para-hydroxylation sites is 2. The first-order chi connectivity index (χ1) is 44.1. The summed E-state index contributed by atoms with van der Waals surface area (Å²) in [5.41, 5.74) is 5.35. The summed E-state index contributed by atoms with van der Waals surface area (Å²) < 4.78 is 43.5. The molecule has 10 rings (SSSR count). The first-order valence-corrected chi connectivity index (χ1v) is 34.0. The quantitative estimate of drug-likeness (QED) is 0.0274. The molecule has 4 aromatic carbocycles. The SMILES string of the molecule is Cc1ncsc1-c1ccc(CNC(=O)[C@@H]2C[C@@H](O)CN2C(=O)[C@@H](NC(=O)C2(F)CC2)C(C)(C)C)c(OCCCCCCCC(=O)N(C)CCCc2cccc(F)c2OCCCc2sc(N3CCc4cccc(C(=O)Nc5nc6ccccc6s5)c4C3)nc2C(=O)O)c1. The van der Waals surface area contributed by atoms with Crippen LogP contribution in [0.2, 0.25) is 0 Å². The molecular weight excluding hydrogens is 1240 g/mol. The van der Waals surface area contributed by atoms with E-state index in [1.807, 2.05) is 72.5 Å². The number of alkyl halides is 1. The van der Waals surface area contributed by atoms with Crippen LogP contribution in [0.15, 0.2) is 84.4 Å². The Balaban J connectivity index is 0.642. The Hall–Kier alpha value is -7.93. The van der Waals surface area contributed by atoms with Crippen LogP contribution in [0.25, 0.3) is 20.7 Å². The van der Waals surface area contributed by atoms with E-state index < -0.39 is 58.8 Å². The molecule has 3 aliphatic rings. The van der Waals surface area contributed by atoms with Crippen LogP contribution in [0.3, 0.4) is 0 Å². The lowest BCUT2D eigenvalue weighted by Crippen LogP contribution is -2.59. The van der Waals surface area contributed by atoms with Gasteiger partial charge in [0.1, 0.15) is 17.8 Å². The van der Waals surface area contributed by atoms with Crippen LogP contribution in [-0.4, -0.2) is 134 Å². The number of carboxylic acids is 1. The summed E-state index contributed by atoms with van der Waals surface area (Å²) in [6, 6.07) is 21.8. The predicted molar refractivity (Wildman–Crippen MR) is 352 cm³/mol. The second-order valence-electron chi connectivity index (χ2n) is 25.0. The third kappa shape index (κ3) is 16.5. The number of carboxylic acid groups (broad SMARTS) is 1. The largest absolute Gasteiger partial charge is 0.493 e. The van der Waals surface area contributed by atoms with E-state index >= 15 is 4.39 Å². The average molecular weight is 1320 g/mol. The fraction of sp³-hybridized carbons (Fsp3) is 0.456. The highest BCUT2D eigenvalue weighted by Crippen LogP contribution is 2.41. The number of aromatic nitrogens is 3. The summed E-state index contributed by atoms with van der Waals surface area (Å²) in [4.78, 5) is 100. The highest BCUT2D eigenvalue weighted by atomic mass is 32.1. The van der Waals surface area contributed by atoms with Gasteiger partial charge in [0.05, 0.1) is 45.6 Å². The molecule has 5 N–H and O–H groups in total. The maximum absolute atomic E-state index is 15.3. The van der Waals surface area contributed by atoms with Crippen molar-refractivity contribution in [3.05, 3.63) is 134 Å². The fourth-order valence-electron chi connectivity index (χ4n) is 11.7. The third-order valence-corrected chi connectivity index (χ3v) is 20.2. The Labute approximate surface area is 546 Å². The molecule has 3 aromatic heterocycles. The molecular formula is C68H79F2N9O10S3. The van der Waals surface area contributed by atoms with Crippen LogP contribution in [0.5, 0.6) is 11.5 Å². The second-order valence-corrected chi connectivity index (χ2v) is 28.0. The molecule has 7 aromatic rings. The number of carbonyl (C=O) groups is 6. The molecule has 3 atom stereocenters. The number of thiazole rings is 3. The van der Waals surface area contributed by atoms with Gasteiger partial charge in [-0.05, 0) is 123 Å². The Morgan fingerprint density at radius 1 is 0.880 bits per heavy atom. The zero-order valence-electron chi connectivity index (χ0n) is 52.5. The Morgan fingerprint density at radius 2 is 1.65 bits per heavy atom. The summed E-state index contributed by atoms with van der Waals surface area (Å²) in [5, 5.41) is 30.5. The van der Waals surface area contributed by atoms with Crippen molar-refractivity contribution >= 4 is 90.0 Å². The van der Waals surface area contributed by atoms with Crippen molar-refractivity contribution in [2.75, 3.05) is 50.1 Å². The number of carbonyl (C=O) groups excluding carboxylic acids is 5. The minimum absolute atomic E-state index is 0.00502. The smallest absolute Gasteiger partial charge is 0.355 e. The first-order valence-electron chi connectivity index (χ1n) is 31.5. The van der Waals surface area contributed by atoms with Crippen LogP contribution in [0, 0.1) is 18.2 Å².